The summed E-state index contributed by atoms with van der Waals surface area (Å²) in [6.07, 6.45) is 5.79. The van der Waals surface area contributed by atoms with E-state index in [4.69, 9.17) is 15.1 Å². The normalized spacial score (nSPS) is 25.3. The first-order chi connectivity index (χ1) is 6.58. The van der Waals surface area contributed by atoms with E-state index < -0.39 is 11.6 Å². The average molecular weight is 193 g/mol. The molecule has 0 saturated heterocycles. The predicted molar refractivity (Wildman–Crippen MR) is 49.4 cm³/mol. The summed E-state index contributed by atoms with van der Waals surface area (Å²) in [6, 6.07) is 2.01. The number of carboxylic acids is 1. The molecular weight excluding hydrogens is 182 g/mol. The van der Waals surface area contributed by atoms with E-state index in [2.05, 4.69) is 0 Å². The van der Waals surface area contributed by atoms with Crippen LogP contribution in [-0.4, -0.2) is 23.3 Å². The van der Waals surface area contributed by atoms with Crippen molar-refractivity contribution in [3.8, 4) is 6.07 Å². The molecule has 0 aromatic rings. The Labute approximate surface area is 82.1 Å². The van der Waals surface area contributed by atoms with Crippen LogP contribution in [0.4, 0.5) is 0 Å². The van der Waals surface area contributed by atoms with Gasteiger partial charge in [-0.25, -0.2) is 4.79 Å². The summed E-state index contributed by atoms with van der Waals surface area (Å²) in [7, 11) is 0. The van der Waals surface area contributed by atoms with Crippen LogP contribution in [0.2, 0.25) is 0 Å². The molecule has 14 heavy (non-hydrogen) atoms. The van der Waals surface area contributed by atoms with E-state index >= 15 is 0 Å². The van der Waals surface area contributed by atoms with Crippen molar-refractivity contribution in [2.75, 3.05) is 6.61 Å². The van der Waals surface area contributed by atoms with Gasteiger partial charge in [-0.1, -0.05) is 12.2 Å². The highest BCUT2D eigenvalue weighted by molar-refractivity contribution is 5.68. The second-order valence-corrected chi connectivity index (χ2v) is 3.24. The van der Waals surface area contributed by atoms with Crippen LogP contribution in [0.15, 0.2) is 23.8 Å². The molecule has 1 rings (SSSR count). The number of hydrogen-bond acceptors (Lipinski definition) is 3. The van der Waals surface area contributed by atoms with Gasteiger partial charge in [0.15, 0.2) is 0 Å². The molecule has 0 radical (unpaired) electrons. The Morgan fingerprint density at radius 3 is 3.14 bits per heavy atom. The molecule has 0 aromatic heterocycles. The van der Waals surface area contributed by atoms with Gasteiger partial charge >= 0.3 is 5.97 Å². The molecule has 0 aliphatic heterocycles. The molecule has 1 atom stereocenters. The van der Waals surface area contributed by atoms with E-state index in [-0.39, 0.29) is 6.61 Å². The summed E-state index contributed by atoms with van der Waals surface area (Å²) >= 11 is 0. The molecule has 1 aliphatic rings. The van der Waals surface area contributed by atoms with Crippen LogP contribution in [0.1, 0.15) is 13.3 Å². The monoisotopic (exact) mass is 193 g/mol. The molecule has 1 N–H and O–H groups in total. The summed E-state index contributed by atoms with van der Waals surface area (Å²) in [5, 5.41) is 17.3. The molecule has 0 amide bonds. The van der Waals surface area contributed by atoms with Gasteiger partial charge in [0.05, 0.1) is 11.6 Å². The summed E-state index contributed by atoms with van der Waals surface area (Å²) in [4.78, 5) is 10.3. The molecule has 1 unspecified atom stereocenters. The number of rotatable bonds is 3. The summed E-state index contributed by atoms with van der Waals surface area (Å²) in [6.45, 7) is 1.33. The fraction of sp³-hybridized carbons (Fsp3) is 0.400. The molecular formula is C10H11NO3. The van der Waals surface area contributed by atoms with Crippen LogP contribution in [0.3, 0.4) is 0 Å². The molecule has 0 saturated carbocycles. The van der Waals surface area contributed by atoms with Crippen LogP contribution in [0, 0.1) is 11.3 Å². The van der Waals surface area contributed by atoms with Crippen molar-refractivity contribution in [3.05, 3.63) is 23.8 Å². The molecule has 0 fully saturated rings. The lowest BCUT2D eigenvalue weighted by Crippen LogP contribution is -2.33. The molecule has 74 valence electrons. The number of allylic oxidation sites excluding steroid dienone is 2. The number of aliphatic carboxylic acids is 1. The Hall–Kier alpha value is -1.60. The van der Waals surface area contributed by atoms with Crippen molar-refractivity contribution in [3.63, 3.8) is 0 Å². The van der Waals surface area contributed by atoms with Crippen molar-refractivity contribution >= 4 is 5.97 Å². The minimum Gasteiger partial charge on any atom is -0.480 e. The molecule has 4 heteroatoms. The lowest BCUT2D eigenvalue weighted by atomic mass is 9.89. The SMILES string of the molecule is CC1(OCC(=O)O)CC=CC=C1C#N. The van der Waals surface area contributed by atoms with Crippen LogP contribution in [0.5, 0.6) is 0 Å². The number of carbonyl (C=O) groups is 1. The minimum atomic E-state index is -1.03. The smallest absolute Gasteiger partial charge is 0.329 e. The summed E-state index contributed by atoms with van der Waals surface area (Å²) < 4.78 is 5.19. The maximum atomic E-state index is 10.3. The first kappa shape index (κ1) is 10.5. The molecule has 0 bridgehead atoms. The number of ether oxygens (including phenoxy) is 1. The standard InChI is InChI=1S/C10H11NO3/c1-10(14-7-9(12)13)5-3-2-4-8(10)6-11/h2-4H,5,7H2,1H3,(H,12,13). The van der Waals surface area contributed by atoms with Gasteiger partial charge in [0.2, 0.25) is 0 Å². The summed E-state index contributed by atoms with van der Waals surface area (Å²) in [5.41, 5.74) is -0.330. The number of hydrogen-bond donors (Lipinski definition) is 1. The van der Waals surface area contributed by atoms with E-state index in [1.54, 1.807) is 19.1 Å². The van der Waals surface area contributed by atoms with Crippen LogP contribution in [-0.2, 0) is 9.53 Å². The van der Waals surface area contributed by atoms with Gasteiger partial charge in [-0.2, -0.15) is 5.26 Å². The third kappa shape index (κ3) is 2.21. The number of carboxylic acid groups (broad SMARTS) is 1. The largest absolute Gasteiger partial charge is 0.480 e. The van der Waals surface area contributed by atoms with Gasteiger partial charge in [-0.05, 0) is 19.4 Å². The molecule has 0 heterocycles. The van der Waals surface area contributed by atoms with Gasteiger partial charge < -0.3 is 9.84 Å². The fourth-order valence-electron chi connectivity index (χ4n) is 1.26. The lowest BCUT2D eigenvalue weighted by molar-refractivity contribution is -0.146. The van der Waals surface area contributed by atoms with Gasteiger partial charge in [0.25, 0.3) is 0 Å². The van der Waals surface area contributed by atoms with Crippen molar-refractivity contribution in [2.24, 2.45) is 0 Å². The van der Waals surface area contributed by atoms with E-state index in [1.165, 1.54) is 0 Å². The second kappa shape index (κ2) is 4.07. The van der Waals surface area contributed by atoms with Crippen molar-refractivity contribution in [2.45, 2.75) is 18.9 Å². The average Bonchev–Trinajstić information content (AvgIpc) is 2.16. The first-order valence-corrected chi connectivity index (χ1v) is 4.21. The Bertz CT molecular complexity index is 338. The van der Waals surface area contributed by atoms with Crippen molar-refractivity contribution in [1.29, 1.82) is 5.26 Å². The van der Waals surface area contributed by atoms with Crippen molar-refractivity contribution < 1.29 is 14.6 Å². The maximum absolute atomic E-state index is 10.3. The van der Waals surface area contributed by atoms with Crippen LogP contribution < -0.4 is 0 Å². The third-order valence-corrected chi connectivity index (χ3v) is 2.11. The van der Waals surface area contributed by atoms with Gasteiger partial charge in [0, 0.05) is 0 Å². The molecule has 4 nitrogen and oxygen atoms in total. The van der Waals surface area contributed by atoms with E-state index in [1.807, 2.05) is 12.1 Å². The third-order valence-electron chi connectivity index (χ3n) is 2.11. The fourth-order valence-corrected chi connectivity index (χ4v) is 1.26. The highest BCUT2D eigenvalue weighted by Gasteiger charge is 2.31. The molecule has 0 aromatic carbocycles. The van der Waals surface area contributed by atoms with E-state index in [0.717, 1.165) is 0 Å². The quantitative estimate of drug-likeness (QED) is 0.732. The Kier molecular flexibility index (Phi) is 3.05. The van der Waals surface area contributed by atoms with Gasteiger partial charge in [-0.15, -0.1) is 0 Å². The molecule has 1 aliphatic carbocycles. The van der Waals surface area contributed by atoms with Crippen LogP contribution in [0.25, 0.3) is 0 Å². The lowest BCUT2D eigenvalue weighted by Gasteiger charge is -2.29. The summed E-state index contributed by atoms with van der Waals surface area (Å²) in [5.74, 6) is -1.03. The van der Waals surface area contributed by atoms with E-state index in [0.29, 0.717) is 12.0 Å². The van der Waals surface area contributed by atoms with Gasteiger partial charge in [0.1, 0.15) is 12.2 Å². The zero-order chi connectivity index (χ0) is 10.6. The highest BCUT2D eigenvalue weighted by atomic mass is 16.5. The maximum Gasteiger partial charge on any atom is 0.329 e. The molecule has 0 spiro atoms. The Morgan fingerprint density at radius 2 is 2.57 bits per heavy atom. The minimum absolute atomic E-state index is 0.386. The zero-order valence-corrected chi connectivity index (χ0v) is 7.86. The Balaban J connectivity index is 2.74. The number of nitrogens with zero attached hydrogens (tertiary/aromatic N) is 1. The topological polar surface area (TPSA) is 70.3 Å². The first-order valence-electron chi connectivity index (χ1n) is 4.21. The highest BCUT2D eigenvalue weighted by Crippen LogP contribution is 2.28. The Morgan fingerprint density at radius 1 is 1.86 bits per heavy atom. The van der Waals surface area contributed by atoms with Crippen LogP contribution >= 0.6 is 0 Å². The zero-order valence-electron chi connectivity index (χ0n) is 7.86. The predicted octanol–water partition coefficient (Wildman–Crippen LogP) is 1.26. The van der Waals surface area contributed by atoms with Gasteiger partial charge in [-0.3, -0.25) is 0 Å². The van der Waals surface area contributed by atoms with Crippen molar-refractivity contribution in [1.82, 2.24) is 0 Å². The second-order valence-electron chi connectivity index (χ2n) is 3.24. The van der Waals surface area contributed by atoms with E-state index in [9.17, 15) is 4.79 Å². The number of nitriles is 1.